The molecule has 8 nitrogen and oxygen atoms in total. The van der Waals surface area contributed by atoms with Crippen LogP contribution in [0.15, 0.2) is 46.9 Å². The Morgan fingerprint density at radius 1 is 1.00 bits per heavy atom. The summed E-state index contributed by atoms with van der Waals surface area (Å²) in [5.41, 5.74) is -0.164. The minimum Gasteiger partial charge on any atom is -0.443 e. The first-order chi connectivity index (χ1) is 18.1. The van der Waals surface area contributed by atoms with Gasteiger partial charge in [0.25, 0.3) is 5.91 Å². The van der Waals surface area contributed by atoms with Gasteiger partial charge in [0.05, 0.1) is 16.9 Å². The van der Waals surface area contributed by atoms with Crippen LogP contribution in [0, 0.1) is 0 Å². The predicted molar refractivity (Wildman–Crippen MR) is 153 cm³/mol. The summed E-state index contributed by atoms with van der Waals surface area (Å²) < 4.78 is 13.8. The molecule has 2 aliphatic heterocycles. The van der Waals surface area contributed by atoms with Crippen LogP contribution in [0.2, 0.25) is 0 Å². The zero-order chi connectivity index (χ0) is 28.5. The molecule has 3 heterocycles. The Hall–Kier alpha value is -3.17. The number of para-hydroxylation sites is 1. The van der Waals surface area contributed by atoms with Gasteiger partial charge in [-0.3, -0.25) is 10.1 Å². The average molecular weight is 597 g/mol. The van der Waals surface area contributed by atoms with Gasteiger partial charge in [-0.2, -0.15) is 0 Å². The van der Waals surface area contributed by atoms with E-state index in [0.717, 1.165) is 26.7 Å². The zero-order valence-electron chi connectivity index (χ0n) is 23.3. The highest BCUT2D eigenvalue weighted by atomic mass is 79.9. The third-order valence-corrected chi connectivity index (χ3v) is 7.40. The summed E-state index contributed by atoms with van der Waals surface area (Å²) in [6.07, 6.45) is -0.00560. The Balaban J connectivity index is 1.87. The maximum Gasteiger partial charge on any atom is 0.421 e. The SMILES string of the molecule is CC1CCc2c(n(C(=O)OC(C)(C)C)c3ccccc23)C2(N1)C(=O)N(C(=O)OC(C)(C)C)c1ccc(Br)cc12. The fraction of sp³-hybridized carbons (Fsp3) is 0.433. The lowest BCUT2D eigenvalue weighted by molar-refractivity contribution is -0.123. The Labute approximate surface area is 236 Å². The van der Waals surface area contributed by atoms with Crippen LogP contribution in [0.4, 0.5) is 15.3 Å². The number of benzene rings is 2. The predicted octanol–water partition coefficient (Wildman–Crippen LogP) is 6.64. The number of amides is 2. The molecule has 1 spiro atoms. The van der Waals surface area contributed by atoms with Gasteiger partial charge in [0.2, 0.25) is 0 Å². The van der Waals surface area contributed by atoms with Gasteiger partial charge >= 0.3 is 12.2 Å². The summed E-state index contributed by atoms with van der Waals surface area (Å²) in [6.45, 7) is 12.7. The second kappa shape index (κ2) is 9.20. The van der Waals surface area contributed by atoms with Crippen molar-refractivity contribution >= 4 is 50.6 Å². The summed E-state index contributed by atoms with van der Waals surface area (Å²) in [7, 11) is 0. The molecular formula is C30H34BrN3O5. The highest BCUT2D eigenvalue weighted by Crippen LogP contribution is 2.50. The fourth-order valence-corrected chi connectivity index (χ4v) is 5.94. The van der Waals surface area contributed by atoms with Gasteiger partial charge in [0.15, 0.2) is 5.54 Å². The van der Waals surface area contributed by atoms with E-state index in [1.165, 1.54) is 4.57 Å². The number of nitrogens with zero attached hydrogens (tertiary/aromatic N) is 2. The van der Waals surface area contributed by atoms with E-state index in [4.69, 9.17) is 9.47 Å². The number of aryl methyl sites for hydroxylation is 1. The first kappa shape index (κ1) is 27.4. The molecule has 5 rings (SSSR count). The summed E-state index contributed by atoms with van der Waals surface area (Å²) >= 11 is 3.56. The summed E-state index contributed by atoms with van der Waals surface area (Å²) in [6, 6.07) is 12.8. The third kappa shape index (κ3) is 4.55. The van der Waals surface area contributed by atoms with Crippen molar-refractivity contribution in [2.24, 2.45) is 0 Å². The molecule has 0 saturated heterocycles. The smallest absolute Gasteiger partial charge is 0.421 e. The molecule has 206 valence electrons. The van der Waals surface area contributed by atoms with Crippen molar-refractivity contribution in [3.63, 3.8) is 0 Å². The fourth-order valence-electron chi connectivity index (χ4n) is 5.58. The molecule has 1 aromatic heterocycles. The van der Waals surface area contributed by atoms with Crippen molar-refractivity contribution in [2.45, 2.75) is 84.1 Å². The van der Waals surface area contributed by atoms with Gasteiger partial charge in [0, 0.05) is 21.5 Å². The molecule has 9 heteroatoms. The van der Waals surface area contributed by atoms with E-state index in [1.54, 1.807) is 32.9 Å². The molecule has 2 unspecified atom stereocenters. The number of fused-ring (bicyclic) bond motifs is 6. The monoisotopic (exact) mass is 595 g/mol. The first-order valence-electron chi connectivity index (χ1n) is 13.2. The molecule has 2 aliphatic rings. The van der Waals surface area contributed by atoms with Crippen molar-refractivity contribution in [1.82, 2.24) is 9.88 Å². The molecule has 39 heavy (non-hydrogen) atoms. The van der Waals surface area contributed by atoms with Crippen LogP contribution in [-0.4, -0.2) is 39.9 Å². The first-order valence-corrected chi connectivity index (χ1v) is 13.9. The van der Waals surface area contributed by atoms with E-state index in [-0.39, 0.29) is 6.04 Å². The number of nitrogens with one attached hydrogen (secondary N) is 1. The zero-order valence-corrected chi connectivity index (χ0v) is 24.9. The molecule has 2 amide bonds. The van der Waals surface area contributed by atoms with Crippen molar-refractivity contribution in [2.75, 3.05) is 4.90 Å². The Kier molecular flexibility index (Phi) is 6.46. The van der Waals surface area contributed by atoms with Crippen LogP contribution in [-0.2, 0) is 26.2 Å². The van der Waals surface area contributed by atoms with Crippen LogP contribution in [0.3, 0.4) is 0 Å². The molecule has 3 aromatic rings. The van der Waals surface area contributed by atoms with Gasteiger partial charge in [-0.05, 0) is 91.1 Å². The van der Waals surface area contributed by atoms with Gasteiger partial charge < -0.3 is 9.47 Å². The average Bonchev–Trinajstić information content (AvgIpc) is 3.19. The number of ether oxygens (including phenoxy) is 2. The molecule has 2 atom stereocenters. The van der Waals surface area contributed by atoms with E-state index < -0.39 is 34.8 Å². The third-order valence-electron chi connectivity index (χ3n) is 6.90. The van der Waals surface area contributed by atoms with E-state index >= 15 is 0 Å². The van der Waals surface area contributed by atoms with Crippen LogP contribution in [0.1, 0.15) is 71.7 Å². The molecule has 0 radical (unpaired) electrons. The summed E-state index contributed by atoms with van der Waals surface area (Å²) in [4.78, 5) is 43.3. The number of halogens is 1. The Morgan fingerprint density at radius 3 is 2.31 bits per heavy atom. The van der Waals surface area contributed by atoms with Crippen LogP contribution >= 0.6 is 15.9 Å². The summed E-state index contributed by atoms with van der Waals surface area (Å²) in [5.74, 6) is -0.521. The van der Waals surface area contributed by atoms with E-state index in [1.807, 2.05) is 58.0 Å². The highest BCUT2D eigenvalue weighted by Gasteiger charge is 2.59. The van der Waals surface area contributed by atoms with E-state index in [9.17, 15) is 14.4 Å². The molecule has 1 N–H and O–H groups in total. The second-order valence-corrected chi connectivity index (χ2v) is 13.2. The standard InChI is InChI=1S/C30H34BrN3O5/c1-17-12-14-20-19-10-8-9-11-22(19)33(26(36)38-28(2,3)4)24(20)30(32-17)21-16-18(31)13-15-23(21)34(25(30)35)27(37)39-29(5,6)7/h8-11,13,15-17,32H,12,14H2,1-7H3. The maximum absolute atomic E-state index is 14.8. The second-order valence-electron chi connectivity index (χ2n) is 12.3. The van der Waals surface area contributed by atoms with Crippen molar-refractivity contribution in [3.05, 3.63) is 63.8 Å². The number of hydrogen-bond acceptors (Lipinski definition) is 6. The number of aromatic nitrogens is 1. The molecular weight excluding hydrogens is 562 g/mol. The Bertz CT molecular complexity index is 1510. The number of rotatable bonds is 0. The largest absolute Gasteiger partial charge is 0.443 e. The number of hydrogen-bond donors (Lipinski definition) is 1. The van der Waals surface area contributed by atoms with Gasteiger partial charge in [-0.15, -0.1) is 0 Å². The minimum atomic E-state index is -1.54. The lowest BCUT2D eigenvalue weighted by Crippen LogP contribution is -2.56. The van der Waals surface area contributed by atoms with Crippen LogP contribution in [0.25, 0.3) is 10.9 Å². The molecule has 0 fully saturated rings. The number of imide groups is 1. The van der Waals surface area contributed by atoms with E-state index in [2.05, 4.69) is 21.2 Å². The summed E-state index contributed by atoms with van der Waals surface area (Å²) in [5, 5.41) is 4.43. The van der Waals surface area contributed by atoms with Gasteiger partial charge in [-0.25, -0.2) is 19.1 Å². The number of anilines is 1. The lowest BCUT2D eigenvalue weighted by Gasteiger charge is -2.33. The van der Waals surface area contributed by atoms with E-state index in [0.29, 0.717) is 28.9 Å². The maximum atomic E-state index is 14.8. The Morgan fingerprint density at radius 2 is 1.64 bits per heavy atom. The van der Waals surface area contributed by atoms with Crippen molar-refractivity contribution < 1.29 is 23.9 Å². The molecule has 0 saturated carbocycles. The minimum absolute atomic E-state index is 0.113. The highest BCUT2D eigenvalue weighted by molar-refractivity contribution is 9.10. The topological polar surface area (TPSA) is 89.9 Å². The quantitative estimate of drug-likeness (QED) is 0.313. The van der Waals surface area contributed by atoms with Gasteiger partial charge in [-0.1, -0.05) is 34.1 Å². The van der Waals surface area contributed by atoms with Crippen molar-refractivity contribution in [3.8, 4) is 0 Å². The molecule has 0 bridgehead atoms. The molecule has 2 aromatic carbocycles. The number of carbonyl (C=O) groups is 3. The molecule has 0 aliphatic carbocycles. The van der Waals surface area contributed by atoms with Crippen molar-refractivity contribution in [1.29, 1.82) is 0 Å². The number of carbonyl (C=O) groups excluding carboxylic acids is 3. The normalized spacial score (nSPS) is 21.1. The lowest BCUT2D eigenvalue weighted by atomic mass is 9.85. The van der Waals surface area contributed by atoms with Crippen LogP contribution < -0.4 is 10.2 Å². The van der Waals surface area contributed by atoms with Gasteiger partial charge in [0.1, 0.15) is 11.2 Å². The van der Waals surface area contributed by atoms with Crippen LogP contribution in [0.5, 0.6) is 0 Å².